The standard InChI is InChI=1S/C13H17NO4.2C3H3N2.2CH3.Cu.2H2O.Sn/c1-8(2)11(13(16)17)14-7-9-5-4-6-10(18-3)12(9)15;2*1-2-5-3-4-1;;;;;;/h4-8,11,15H,1-3H3,(H,16,17);2*1-3H;2*1H3;;2*1H2;/q;2*-1;;;+2;;;+2/p-2/t11-;;;;;;;;/m0......../s1. The number of benzene rings is 1. The van der Waals surface area contributed by atoms with Crippen molar-refractivity contribution in [1.82, 2.24) is 19.9 Å². The normalized spacial score (nSPS) is 9.47. The molecule has 4 N–H and O–H groups in total. The Bertz CT molecular complexity index is 776. The molecule has 0 bridgehead atoms. The molecule has 3 rings (SSSR count). The van der Waals surface area contributed by atoms with E-state index in [9.17, 15) is 15.0 Å². The molecule has 34 heavy (non-hydrogen) atoms. The summed E-state index contributed by atoms with van der Waals surface area (Å²) in [6, 6.07) is 3.78. The van der Waals surface area contributed by atoms with Gasteiger partial charge in [-0.3, -0.25) is 4.99 Å². The molecular formula is C21H31CuN5O6Sn. The van der Waals surface area contributed by atoms with Crippen molar-refractivity contribution in [2.45, 2.75) is 29.8 Å². The monoisotopic (exact) mass is 632 g/mol. The van der Waals surface area contributed by atoms with Crippen molar-refractivity contribution in [2.24, 2.45) is 10.9 Å². The van der Waals surface area contributed by atoms with Crippen LogP contribution >= 0.6 is 0 Å². The maximum atomic E-state index is 11.8. The summed E-state index contributed by atoms with van der Waals surface area (Å²) in [4.78, 5) is 33.8. The number of imidazole rings is 2. The molecule has 1 radical (unpaired) electrons. The summed E-state index contributed by atoms with van der Waals surface area (Å²) in [5.41, 5.74) is 0.293. The fraction of sp³-hybridized carbons (Fsp3) is 0.333. The van der Waals surface area contributed by atoms with Crippen molar-refractivity contribution in [3.63, 3.8) is 0 Å². The summed E-state index contributed by atoms with van der Waals surface area (Å²) >= 11 is 0.230. The van der Waals surface area contributed by atoms with Gasteiger partial charge in [0.2, 0.25) is 0 Å². The number of nitrogens with zero attached hydrogens (tertiary/aromatic N) is 5. The Hall–Kier alpha value is -2.38. The third kappa shape index (κ3) is 18.1. The largest absolute Gasteiger partial charge is 2.00 e. The molecule has 0 aliphatic carbocycles. The van der Waals surface area contributed by atoms with E-state index < -0.39 is 12.0 Å². The number of aliphatic carboxylic acids is 1. The molecule has 0 fully saturated rings. The number of hydrogen-bond donors (Lipinski definition) is 0. The van der Waals surface area contributed by atoms with E-state index in [1.807, 2.05) is 0 Å². The number of rotatable bonds is 5. The average molecular weight is 632 g/mol. The number of ether oxygens (including phenoxy) is 1. The molecule has 0 amide bonds. The van der Waals surface area contributed by atoms with E-state index in [1.54, 1.807) is 56.8 Å². The molecule has 1 atom stereocenters. The number of aromatic nitrogens is 4. The van der Waals surface area contributed by atoms with Gasteiger partial charge in [0.1, 0.15) is 5.75 Å². The van der Waals surface area contributed by atoms with Gasteiger partial charge in [-0.05, 0) is 17.5 Å². The quantitative estimate of drug-likeness (QED) is 0.256. The van der Waals surface area contributed by atoms with Crippen LogP contribution in [-0.4, -0.2) is 67.4 Å². The molecule has 0 spiro atoms. The fourth-order valence-electron chi connectivity index (χ4n) is 1.85. The summed E-state index contributed by atoms with van der Waals surface area (Å²) in [6.45, 7) is 3.45. The van der Waals surface area contributed by atoms with Crippen molar-refractivity contribution < 1.29 is 47.8 Å². The minimum Gasteiger partial charge on any atom is -0.450 e. The Kier molecular flexibility index (Phi) is 28.9. The van der Waals surface area contributed by atoms with Gasteiger partial charge >= 0.3 is 48.1 Å². The Balaban J connectivity index is -0.000000230. The van der Waals surface area contributed by atoms with E-state index in [2.05, 4.69) is 34.8 Å². The van der Waals surface area contributed by atoms with Crippen molar-refractivity contribution in [3.8, 4) is 11.5 Å². The van der Waals surface area contributed by atoms with Crippen LogP contribution in [0.3, 0.4) is 0 Å². The molecule has 2 heterocycles. The minimum absolute atomic E-state index is 0. The number of carboxylic acids is 1. The van der Waals surface area contributed by atoms with E-state index in [0.29, 0.717) is 5.56 Å². The molecule has 0 saturated heterocycles. The van der Waals surface area contributed by atoms with Crippen LogP contribution in [-0.2, 0) is 21.9 Å². The van der Waals surface area contributed by atoms with Crippen LogP contribution in [0.4, 0.5) is 0 Å². The molecular weight excluding hydrogens is 601 g/mol. The zero-order chi connectivity index (χ0) is 23.5. The van der Waals surface area contributed by atoms with Crippen LogP contribution in [0.2, 0.25) is 9.88 Å². The van der Waals surface area contributed by atoms with Gasteiger partial charge in [0.05, 0.1) is 19.1 Å². The summed E-state index contributed by atoms with van der Waals surface area (Å²) in [7, 11) is 1.40. The zero-order valence-corrected chi connectivity index (χ0v) is 23.4. The fourth-order valence-corrected chi connectivity index (χ4v) is 1.85. The molecule has 0 saturated carbocycles. The topological polar surface area (TPSA) is 202 Å². The Morgan fingerprint density at radius 2 is 1.62 bits per heavy atom. The van der Waals surface area contributed by atoms with Crippen molar-refractivity contribution in [3.05, 3.63) is 61.2 Å². The third-order valence-corrected chi connectivity index (χ3v) is 3.22. The van der Waals surface area contributed by atoms with E-state index in [0.717, 1.165) is 0 Å². The SMILES string of the molecule is COc1cccc(C=N[C@H](C(=O)[O-])C(C)C)c1[O-].O.O.[CH3][Sn+2][CH3].[Cu+2].c1c[n-]cn1.c1c[n-]cn1. The number of carbonyl (C=O) groups excluding carboxylic acids is 1. The van der Waals surface area contributed by atoms with Crippen molar-refractivity contribution in [1.29, 1.82) is 0 Å². The predicted molar refractivity (Wildman–Crippen MR) is 123 cm³/mol. The van der Waals surface area contributed by atoms with Crippen LogP contribution < -0.4 is 24.9 Å². The van der Waals surface area contributed by atoms with Gasteiger partial charge in [0.25, 0.3) is 0 Å². The van der Waals surface area contributed by atoms with Gasteiger partial charge in [-0.25, -0.2) is 0 Å². The van der Waals surface area contributed by atoms with E-state index in [1.165, 1.54) is 26.0 Å². The molecule has 0 unspecified atom stereocenters. The predicted octanol–water partition coefficient (Wildman–Crippen LogP) is -0.825. The Labute approximate surface area is 220 Å². The first-order chi connectivity index (χ1) is 14.9. The first-order valence-corrected chi connectivity index (χ1v) is 15.0. The summed E-state index contributed by atoms with van der Waals surface area (Å²) in [6.07, 6.45) is 10.8. The molecule has 0 aliphatic heterocycles. The van der Waals surface area contributed by atoms with Crippen LogP contribution in [0, 0.1) is 5.92 Å². The van der Waals surface area contributed by atoms with Gasteiger partial charge in [0, 0.05) is 6.21 Å². The second kappa shape index (κ2) is 25.2. The van der Waals surface area contributed by atoms with Gasteiger partial charge in [-0.15, -0.1) is 0 Å². The minimum atomic E-state index is -1.25. The van der Waals surface area contributed by atoms with Crippen LogP contribution in [0.5, 0.6) is 11.5 Å². The van der Waals surface area contributed by atoms with Crippen LogP contribution in [0.1, 0.15) is 19.4 Å². The maximum Gasteiger partial charge on any atom is 2.00 e. The number of carbonyl (C=O) groups is 1. The second-order valence-electron chi connectivity index (χ2n) is 6.09. The number of para-hydroxylation sites is 1. The van der Waals surface area contributed by atoms with Gasteiger partial charge in [-0.1, -0.05) is 69.2 Å². The van der Waals surface area contributed by atoms with Crippen molar-refractivity contribution >= 4 is 33.3 Å². The van der Waals surface area contributed by atoms with Gasteiger partial charge in [-0.2, -0.15) is 0 Å². The average Bonchev–Trinajstić information content (AvgIpc) is 3.48. The third-order valence-electron chi connectivity index (χ3n) is 3.22. The molecule has 2 aromatic heterocycles. The smallest absolute Gasteiger partial charge is 0.450 e. The molecule has 1 aromatic carbocycles. The second-order valence-corrected chi connectivity index (χ2v) is 8.94. The summed E-state index contributed by atoms with van der Waals surface area (Å²) in [5.74, 6) is -1.57. The van der Waals surface area contributed by atoms with Gasteiger partial charge in [0.15, 0.2) is 0 Å². The number of carboxylic acid groups (broad SMARTS) is 1. The number of methoxy groups -OCH3 is 1. The first-order valence-electron chi connectivity index (χ1n) is 9.28. The number of aliphatic imine (C=N–C) groups is 1. The van der Waals surface area contributed by atoms with E-state index in [-0.39, 0.29) is 66.6 Å². The number of hydrogen-bond acceptors (Lipinski definition) is 7. The van der Waals surface area contributed by atoms with E-state index in [4.69, 9.17) is 4.74 Å². The van der Waals surface area contributed by atoms with Gasteiger partial charge < -0.3 is 50.6 Å². The Morgan fingerprint density at radius 3 is 1.91 bits per heavy atom. The molecule has 3 aromatic rings. The zero-order valence-electron chi connectivity index (χ0n) is 19.6. The van der Waals surface area contributed by atoms with Crippen LogP contribution in [0.15, 0.2) is 60.6 Å². The molecule has 11 nitrogen and oxygen atoms in total. The van der Waals surface area contributed by atoms with Crippen LogP contribution in [0.25, 0.3) is 0 Å². The molecule has 13 heteroatoms. The molecule has 191 valence electrons. The van der Waals surface area contributed by atoms with Crippen molar-refractivity contribution in [2.75, 3.05) is 7.11 Å². The summed E-state index contributed by atoms with van der Waals surface area (Å²) < 4.78 is 4.88. The maximum absolute atomic E-state index is 11.8. The molecule has 0 aliphatic rings. The first kappa shape index (κ1) is 38.9. The Morgan fingerprint density at radius 1 is 1.12 bits per heavy atom. The van der Waals surface area contributed by atoms with E-state index >= 15 is 0 Å². The summed E-state index contributed by atoms with van der Waals surface area (Å²) in [5, 5.41) is 22.6.